The van der Waals surface area contributed by atoms with Crippen molar-refractivity contribution in [2.75, 3.05) is 0 Å². The Morgan fingerprint density at radius 1 is 1.40 bits per heavy atom. The van der Waals surface area contributed by atoms with E-state index in [2.05, 4.69) is 5.32 Å². The monoisotopic (exact) mass is 213 g/mol. The summed E-state index contributed by atoms with van der Waals surface area (Å²) in [7, 11) is 0. The molecule has 0 aromatic rings. The van der Waals surface area contributed by atoms with E-state index in [1.54, 1.807) is 0 Å². The molecule has 0 aromatic carbocycles. The van der Waals surface area contributed by atoms with Gasteiger partial charge in [0, 0.05) is 5.41 Å². The number of aliphatic carboxylic acids is 1. The molecular weight excluding hydrogens is 194 g/mol. The number of carboxylic acids is 1. The van der Waals surface area contributed by atoms with Crippen LogP contribution in [0.1, 0.15) is 46.0 Å². The normalized spacial score (nSPS) is 19.3. The highest BCUT2D eigenvalue weighted by Gasteiger charge is 2.48. The van der Waals surface area contributed by atoms with Crippen molar-refractivity contribution in [2.24, 2.45) is 5.41 Å². The molecule has 0 aliphatic heterocycles. The minimum absolute atomic E-state index is 0.0779. The van der Waals surface area contributed by atoms with Gasteiger partial charge in [0.2, 0.25) is 5.91 Å². The first-order valence-electron chi connectivity index (χ1n) is 5.59. The number of carbonyl (C=O) groups excluding carboxylic acids is 1. The number of hydrogen-bond donors (Lipinski definition) is 2. The Balaban J connectivity index is 2.51. The SMILES string of the molecule is CCCC(NC(=O)C1(CC)CC1)C(=O)O. The topological polar surface area (TPSA) is 66.4 Å². The largest absolute Gasteiger partial charge is 0.480 e. The van der Waals surface area contributed by atoms with Crippen molar-refractivity contribution in [3.8, 4) is 0 Å². The summed E-state index contributed by atoms with van der Waals surface area (Å²) < 4.78 is 0. The number of nitrogens with one attached hydrogen (secondary N) is 1. The third kappa shape index (κ3) is 2.70. The average Bonchev–Trinajstić information content (AvgIpc) is 2.97. The van der Waals surface area contributed by atoms with E-state index >= 15 is 0 Å². The summed E-state index contributed by atoms with van der Waals surface area (Å²) in [5, 5.41) is 11.5. The molecule has 86 valence electrons. The van der Waals surface area contributed by atoms with E-state index in [-0.39, 0.29) is 11.3 Å². The van der Waals surface area contributed by atoms with E-state index in [0.29, 0.717) is 6.42 Å². The molecule has 0 spiro atoms. The fraction of sp³-hybridized carbons (Fsp3) is 0.818. The second kappa shape index (κ2) is 4.64. The van der Waals surface area contributed by atoms with E-state index < -0.39 is 12.0 Å². The minimum Gasteiger partial charge on any atom is -0.480 e. The fourth-order valence-electron chi connectivity index (χ4n) is 1.75. The first-order chi connectivity index (χ1) is 7.05. The van der Waals surface area contributed by atoms with Crippen LogP contribution in [0, 0.1) is 5.41 Å². The summed E-state index contributed by atoms with van der Waals surface area (Å²) in [6.45, 7) is 3.89. The quantitative estimate of drug-likeness (QED) is 0.703. The Hall–Kier alpha value is -1.06. The number of carbonyl (C=O) groups is 2. The Kier molecular flexibility index (Phi) is 3.72. The minimum atomic E-state index is -0.933. The molecule has 4 heteroatoms. The van der Waals surface area contributed by atoms with Gasteiger partial charge in [-0.25, -0.2) is 4.79 Å². The zero-order valence-corrected chi connectivity index (χ0v) is 9.38. The molecule has 0 bridgehead atoms. The highest BCUT2D eigenvalue weighted by molar-refractivity contribution is 5.89. The predicted octanol–water partition coefficient (Wildman–Crippen LogP) is 1.55. The summed E-state index contributed by atoms with van der Waals surface area (Å²) in [5.41, 5.74) is -0.249. The summed E-state index contributed by atoms with van der Waals surface area (Å²) in [6.07, 6.45) is 3.86. The van der Waals surface area contributed by atoms with Gasteiger partial charge in [-0.1, -0.05) is 20.3 Å². The summed E-state index contributed by atoms with van der Waals surface area (Å²) in [5.74, 6) is -1.01. The van der Waals surface area contributed by atoms with Crippen molar-refractivity contribution in [3.05, 3.63) is 0 Å². The maximum atomic E-state index is 11.8. The van der Waals surface area contributed by atoms with Crippen molar-refractivity contribution in [2.45, 2.75) is 52.0 Å². The molecule has 0 heterocycles. The zero-order valence-electron chi connectivity index (χ0n) is 9.38. The van der Waals surface area contributed by atoms with Gasteiger partial charge >= 0.3 is 5.97 Å². The zero-order chi connectivity index (χ0) is 11.5. The number of hydrogen-bond acceptors (Lipinski definition) is 2. The third-order valence-corrected chi connectivity index (χ3v) is 3.19. The lowest BCUT2D eigenvalue weighted by atomic mass is 10.0. The van der Waals surface area contributed by atoms with Gasteiger partial charge in [0.15, 0.2) is 0 Å². The molecule has 1 aliphatic carbocycles. The third-order valence-electron chi connectivity index (χ3n) is 3.19. The maximum absolute atomic E-state index is 11.8. The molecule has 1 aliphatic rings. The van der Waals surface area contributed by atoms with Gasteiger partial charge in [-0.2, -0.15) is 0 Å². The molecular formula is C11H19NO3. The lowest BCUT2D eigenvalue weighted by Gasteiger charge is -2.18. The van der Waals surface area contributed by atoms with Gasteiger partial charge in [-0.05, 0) is 25.7 Å². The van der Waals surface area contributed by atoms with Crippen molar-refractivity contribution in [3.63, 3.8) is 0 Å². The van der Waals surface area contributed by atoms with Crippen molar-refractivity contribution < 1.29 is 14.7 Å². The molecule has 2 N–H and O–H groups in total. The number of amides is 1. The van der Waals surface area contributed by atoms with Crippen LogP contribution in [0.15, 0.2) is 0 Å². The maximum Gasteiger partial charge on any atom is 0.326 e. The number of carboxylic acid groups (broad SMARTS) is 1. The predicted molar refractivity (Wildman–Crippen MR) is 56.4 cm³/mol. The van der Waals surface area contributed by atoms with Gasteiger partial charge in [0.05, 0.1) is 0 Å². The van der Waals surface area contributed by atoms with Gasteiger partial charge in [-0.15, -0.1) is 0 Å². The van der Waals surface area contributed by atoms with E-state index in [1.165, 1.54) is 0 Å². The molecule has 0 saturated heterocycles. The van der Waals surface area contributed by atoms with Crippen molar-refractivity contribution in [1.29, 1.82) is 0 Å². The van der Waals surface area contributed by atoms with Crippen LogP contribution >= 0.6 is 0 Å². The van der Waals surface area contributed by atoms with Gasteiger partial charge in [0.1, 0.15) is 6.04 Å². The lowest BCUT2D eigenvalue weighted by Crippen LogP contribution is -2.44. The molecule has 1 unspecified atom stereocenters. The molecule has 1 fully saturated rings. The molecule has 1 saturated carbocycles. The molecule has 0 radical (unpaired) electrons. The Bertz CT molecular complexity index is 259. The standard InChI is InChI=1S/C11H19NO3/c1-3-5-8(9(13)14)12-10(15)11(4-2)6-7-11/h8H,3-7H2,1-2H3,(H,12,15)(H,13,14). The van der Waals surface area contributed by atoms with Crippen LogP contribution < -0.4 is 5.32 Å². The Morgan fingerprint density at radius 2 is 2.00 bits per heavy atom. The molecule has 1 rings (SSSR count). The lowest BCUT2D eigenvalue weighted by molar-refractivity contribution is -0.143. The van der Waals surface area contributed by atoms with Crippen LogP contribution in [0.3, 0.4) is 0 Å². The Labute approximate surface area is 90.0 Å². The molecule has 0 aromatic heterocycles. The molecule has 15 heavy (non-hydrogen) atoms. The smallest absolute Gasteiger partial charge is 0.326 e. The van der Waals surface area contributed by atoms with Gasteiger partial charge < -0.3 is 10.4 Å². The second-order valence-corrected chi connectivity index (χ2v) is 4.29. The van der Waals surface area contributed by atoms with Crippen molar-refractivity contribution in [1.82, 2.24) is 5.32 Å². The highest BCUT2D eigenvalue weighted by atomic mass is 16.4. The van der Waals surface area contributed by atoms with Gasteiger partial charge in [-0.3, -0.25) is 4.79 Å². The summed E-state index contributed by atoms with van der Waals surface area (Å²) in [6, 6.07) is -0.716. The Morgan fingerprint density at radius 3 is 2.33 bits per heavy atom. The molecule has 1 atom stereocenters. The van der Waals surface area contributed by atoms with Crippen LogP contribution in [-0.2, 0) is 9.59 Å². The first kappa shape index (κ1) is 12.0. The van der Waals surface area contributed by atoms with Crippen LogP contribution in [0.25, 0.3) is 0 Å². The van der Waals surface area contributed by atoms with E-state index in [0.717, 1.165) is 25.7 Å². The fourth-order valence-corrected chi connectivity index (χ4v) is 1.75. The van der Waals surface area contributed by atoms with Gasteiger partial charge in [0.25, 0.3) is 0 Å². The summed E-state index contributed by atoms with van der Waals surface area (Å²) >= 11 is 0. The average molecular weight is 213 g/mol. The first-order valence-corrected chi connectivity index (χ1v) is 5.59. The van der Waals surface area contributed by atoms with E-state index in [1.807, 2.05) is 13.8 Å². The molecule has 4 nitrogen and oxygen atoms in total. The molecule has 1 amide bonds. The van der Waals surface area contributed by atoms with Crippen LogP contribution in [0.2, 0.25) is 0 Å². The van der Waals surface area contributed by atoms with E-state index in [9.17, 15) is 9.59 Å². The number of rotatable bonds is 6. The second-order valence-electron chi connectivity index (χ2n) is 4.29. The summed E-state index contributed by atoms with van der Waals surface area (Å²) in [4.78, 5) is 22.6. The van der Waals surface area contributed by atoms with E-state index in [4.69, 9.17) is 5.11 Å². The van der Waals surface area contributed by atoms with Crippen LogP contribution in [-0.4, -0.2) is 23.0 Å². The van der Waals surface area contributed by atoms with Crippen LogP contribution in [0.4, 0.5) is 0 Å². The van der Waals surface area contributed by atoms with Crippen molar-refractivity contribution >= 4 is 11.9 Å². The highest BCUT2D eigenvalue weighted by Crippen LogP contribution is 2.48. The van der Waals surface area contributed by atoms with Crippen LogP contribution in [0.5, 0.6) is 0 Å².